The predicted molar refractivity (Wildman–Crippen MR) is 93.1 cm³/mol. The van der Waals surface area contributed by atoms with E-state index in [4.69, 9.17) is 14.6 Å². The maximum atomic E-state index is 11.8. The minimum Gasteiger partial charge on any atom is -0.490 e. The highest BCUT2D eigenvalue weighted by Crippen LogP contribution is 2.25. The van der Waals surface area contributed by atoms with Gasteiger partial charge in [0.1, 0.15) is 0 Å². The fourth-order valence-electron chi connectivity index (χ4n) is 1.93. The third kappa shape index (κ3) is 5.66. The van der Waals surface area contributed by atoms with Crippen molar-refractivity contribution in [1.82, 2.24) is 5.32 Å². The lowest BCUT2D eigenvalue weighted by Crippen LogP contribution is -2.32. The first-order chi connectivity index (χ1) is 11.9. The summed E-state index contributed by atoms with van der Waals surface area (Å²) in [5, 5.41) is 10.1. The maximum absolute atomic E-state index is 11.8. The van der Waals surface area contributed by atoms with Gasteiger partial charge in [-0.2, -0.15) is 0 Å². The van der Waals surface area contributed by atoms with E-state index in [-0.39, 0.29) is 11.6 Å². The maximum Gasteiger partial charge on any atom is 0.321 e. The lowest BCUT2D eigenvalue weighted by molar-refractivity contribution is 0.229. The zero-order valence-electron chi connectivity index (χ0n) is 13.6. The van der Waals surface area contributed by atoms with Gasteiger partial charge in [0.25, 0.3) is 0 Å². The number of hydrogen-bond acceptors (Lipinski definition) is 5. The van der Waals surface area contributed by atoms with Crippen molar-refractivity contribution in [3.8, 4) is 11.5 Å². The van der Waals surface area contributed by atoms with E-state index in [0.717, 1.165) is 0 Å². The van der Waals surface area contributed by atoms with Gasteiger partial charge in [0.2, 0.25) is 10.0 Å². The number of urea groups is 1. The summed E-state index contributed by atoms with van der Waals surface area (Å²) in [6, 6.07) is 12.1. The normalized spacial score (nSPS) is 10.8. The third-order valence-electron chi connectivity index (χ3n) is 3.05. The van der Waals surface area contributed by atoms with Gasteiger partial charge in [-0.1, -0.05) is 12.1 Å². The first-order valence-electron chi connectivity index (χ1n) is 7.42. The van der Waals surface area contributed by atoms with Crippen LogP contribution < -0.4 is 25.2 Å². The highest BCUT2D eigenvalue weighted by atomic mass is 32.2. The van der Waals surface area contributed by atoms with Crippen LogP contribution in [0.3, 0.4) is 0 Å². The number of ether oxygens (including phenoxy) is 2. The van der Waals surface area contributed by atoms with Gasteiger partial charge in [-0.25, -0.2) is 18.4 Å². The third-order valence-corrected chi connectivity index (χ3v) is 3.98. The molecule has 134 valence electrons. The van der Waals surface area contributed by atoms with Crippen molar-refractivity contribution in [2.45, 2.75) is 11.8 Å². The number of hydrogen-bond donors (Lipinski definition) is 3. The number of anilines is 1. The van der Waals surface area contributed by atoms with Gasteiger partial charge >= 0.3 is 6.03 Å². The molecule has 8 nitrogen and oxygen atoms in total. The fraction of sp³-hybridized carbons (Fsp3) is 0.188. The van der Waals surface area contributed by atoms with E-state index in [1.54, 1.807) is 18.2 Å². The topological polar surface area (TPSA) is 120 Å². The number of sulfonamides is 1. The number of amides is 2. The number of rotatable bonds is 7. The monoisotopic (exact) mass is 365 g/mol. The molecule has 2 rings (SSSR count). The highest BCUT2D eigenvalue weighted by molar-refractivity contribution is 7.89. The molecular weight excluding hydrogens is 346 g/mol. The molecule has 0 fully saturated rings. The Kier molecular flexibility index (Phi) is 6.20. The molecule has 0 aliphatic rings. The van der Waals surface area contributed by atoms with E-state index in [9.17, 15) is 13.2 Å². The molecule has 0 radical (unpaired) electrons. The number of carbonyl (C=O) groups is 1. The smallest absolute Gasteiger partial charge is 0.321 e. The standard InChI is InChI=1S/C16H19N3O5S/c1-2-23-14-5-3-4-6-15(14)24-11-18-16(20)19-12-7-9-13(10-8-12)25(17,21)22/h3-10H,2,11H2,1H3,(H2,17,21,22)(H2,18,19,20). The number of para-hydroxylation sites is 2. The second-order valence-electron chi connectivity index (χ2n) is 4.87. The van der Waals surface area contributed by atoms with E-state index in [1.807, 2.05) is 13.0 Å². The molecule has 4 N–H and O–H groups in total. The van der Waals surface area contributed by atoms with Gasteiger partial charge in [0, 0.05) is 5.69 Å². The predicted octanol–water partition coefficient (Wildman–Crippen LogP) is 1.89. The van der Waals surface area contributed by atoms with Gasteiger partial charge in [-0.05, 0) is 43.3 Å². The van der Waals surface area contributed by atoms with E-state index < -0.39 is 16.1 Å². The Balaban J connectivity index is 1.85. The molecule has 2 amide bonds. The molecule has 25 heavy (non-hydrogen) atoms. The van der Waals surface area contributed by atoms with Gasteiger partial charge in [-0.15, -0.1) is 0 Å². The summed E-state index contributed by atoms with van der Waals surface area (Å²) < 4.78 is 33.2. The van der Waals surface area contributed by atoms with Crippen molar-refractivity contribution < 1.29 is 22.7 Å². The van der Waals surface area contributed by atoms with E-state index in [1.165, 1.54) is 24.3 Å². The van der Waals surface area contributed by atoms with Crippen LogP contribution in [0.25, 0.3) is 0 Å². The Labute approximate surface area is 146 Å². The quantitative estimate of drug-likeness (QED) is 0.647. The summed E-state index contributed by atoms with van der Waals surface area (Å²) in [6.07, 6.45) is 0. The SMILES string of the molecule is CCOc1ccccc1OCNC(=O)Nc1ccc(S(N)(=O)=O)cc1. The van der Waals surface area contributed by atoms with Crippen molar-refractivity contribution >= 4 is 21.7 Å². The molecule has 0 atom stereocenters. The molecule has 0 aromatic heterocycles. The molecule has 0 bridgehead atoms. The zero-order valence-corrected chi connectivity index (χ0v) is 14.4. The molecule has 9 heteroatoms. The Morgan fingerprint density at radius 1 is 1.04 bits per heavy atom. The first-order valence-corrected chi connectivity index (χ1v) is 8.97. The van der Waals surface area contributed by atoms with Gasteiger partial charge in [-0.3, -0.25) is 0 Å². The molecule has 0 aliphatic heterocycles. The molecular formula is C16H19N3O5S. The Hall–Kier alpha value is -2.78. The van der Waals surface area contributed by atoms with Crippen molar-refractivity contribution in [1.29, 1.82) is 0 Å². The van der Waals surface area contributed by atoms with Crippen LogP contribution in [-0.2, 0) is 10.0 Å². The van der Waals surface area contributed by atoms with E-state index in [2.05, 4.69) is 10.6 Å². The largest absolute Gasteiger partial charge is 0.490 e. The van der Waals surface area contributed by atoms with Crippen LogP contribution in [0.15, 0.2) is 53.4 Å². The van der Waals surface area contributed by atoms with Crippen LogP contribution in [0, 0.1) is 0 Å². The fourth-order valence-corrected chi connectivity index (χ4v) is 2.44. The lowest BCUT2D eigenvalue weighted by atomic mass is 10.3. The summed E-state index contributed by atoms with van der Waals surface area (Å²) in [4.78, 5) is 11.8. The number of carbonyl (C=O) groups excluding carboxylic acids is 1. The summed E-state index contributed by atoms with van der Waals surface area (Å²) in [7, 11) is -3.76. The van der Waals surface area contributed by atoms with Crippen LogP contribution >= 0.6 is 0 Å². The number of benzene rings is 2. The molecule has 2 aromatic rings. The molecule has 0 saturated carbocycles. The molecule has 0 unspecified atom stereocenters. The van der Waals surface area contributed by atoms with Gasteiger partial charge in [0.05, 0.1) is 11.5 Å². The van der Waals surface area contributed by atoms with Gasteiger partial charge in [0.15, 0.2) is 18.2 Å². The van der Waals surface area contributed by atoms with E-state index in [0.29, 0.717) is 23.8 Å². The number of nitrogens with two attached hydrogens (primary N) is 1. The summed E-state index contributed by atoms with van der Waals surface area (Å²) in [6.45, 7) is 2.30. The second kappa shape index (κ2) is 8.36. The molecule has 0 spiro atoms. The summed E-state index contributed by atoms with van der Waals surface area (Å²) >= 11 is 0. The van der Waals surface area contributed by atoms with Crippen LogP contribution in [-0.4, -0.2) is 27.8 Å². The molecule has 0 saturated heterocycles. The minimum atomic E-state index is -3.76. The Morgan fingerprint density at radius 2 is 1.64 bits per heavy atom. The average molecular weight is 365 g/mol. The first kappa shape index (κ1) is 18.6. The minimum absolute atomic E-state index is 0.0330. The molecule has 0 heterocycles. The highest BCUT2D eigenvalue weighted by Gasteiger charge is 2.08. The summed E-state index contributed by atoms with van der Waals surface area (Å²) in [5.41, 5.74) is 0.416. The van der Waals surface area contributed by atoms with Crippen molar-refractivity contribution in [2.24, 2.45) is 5.14 Å². The van der Waals surface area contributed by atoms with Crippen LogP contribution in [0.4, 0.5) is 10.5 Å². The van der Waals surface area contributed by atoms with Crippen LogP contribution in [0.5, 0.6) is 11.5 Å². The van der Waals surface area contributed by atoms with Crippen molar-refractivity contribution in [2.75, 3.05) is 18.7 Å². The average Bonchev–Trinajstić information content (AvgIpc) is 2.56. The van der Waals surface area contributed by atoms with Crippen molar-refractivity contribution in [3.63, 3.8) is 0 Å². The van der Waals surface area contributed by atoms with Crippen molar-refractivity contribution in [3.05, 3.63) is 48.5 Å². The molecule has 2 aromatic carbocycles. The zero-order chi connectivity index (χ0) is 18.3. The second-order valence-corrected chi connectivity index (χ2v) is 6.43. The number of nitrogens with one attached hydrogen (secondary N) is 2. The summed E-state index contributed by atoms with van der Waals surface area (Å²) in [5.74, 6) is 1.10. The van der Waals surface area contributed by atoms with Gasteiger partial charge < -0.3 is 20.1 Å². The number of primary sulfonamides is 1. The van der Waals surface area contributed by atoms with Crippen LogP contribution in [0.1, 0.15) is 6.92 Å². The molecule has 0 aliphatic carbocycles. The Bertz CT molecular complexity index is 822. The lowest BCUT2D eigenvalue weighted by Gasteiger charge is -2.12. The van der Waals surface area contributed by atoms with Crippen LogP contribution in [0.2, 0.25) is 0 Å². The van der Waals surface area contributed by atoms with E-state index >= 15 is 0 Å². The Morgan fingerprint density at radius 3 is 2.20 bits per heavy atom.